The van der Waals surface area contributed by atoms with Crippen LogP contribution in [-0.4, -0.2) is 30.8 Å². The summed E-state index contributed by atoms with van der Waals surface area (Å²) in [5.41, 5.74) is 2.04. The highest BCUT2D eigenvalue weighted by Gasteiger charge is 2.20. The van der Waals surface area contributed by atoms with Gasteiger partial charge in [0, 0.05) is 17.1 Å². The van der Waals surface area contributed by atoms with Crippen molar-refractivity contribution in [1.29, 1.82) is 0 Å². The standard InChI is InChI=1S/C16H14N2O4S/c1-10(19)11-7-8-14-15(16(20)17-23(2,21)22)12-5-3-4-6-13(12)18(14)9-11/h3-9H,1-2H3,(H,17,20). The Bertz CT molecular complexity index is 1060. The van der Waals surface area contributed by atoms with Gasteiger partial charge in [0.1, 0.15) is 0 Å². The number of pyridine rings is 1. The first-order valence-electron chi connectivity index (χ1n) is 6.84. The van der Waals surface area contributed by atoms with Crippen LogP contribution in [0.2, 0.25) is 0 Å². The summed E-state index contributed by atoms with van der Waals surface area (Å²) in [5, 5.41) is 0.620. The summed E-state index contributed by atoms with van der Waals surface area (Å²) in [7, 11) is -3.67. The van der Waals surface area contributed by atoms with Crippen LogP contribution in [0.5, 0.6) is 0 Å². The lowest BCUT2D eigenvalue weighted by atomic mass is 10.1. The van der Waals surface area contributed by atoms with Crippen molar-refractivity contribution in [3.05, 3.63) is 53.7 Å². The molecule has 118 valence electrons. The molecule has 0 fully saturated rings. The maximum atomic E-state index is 12.4. The van der Waals surface area contributed by atoms with Crippen LogP contribution in [0.1, 0.15) is 27.6 Å². The molecule has 0 atom stereocenters. The summed E-state index contributed by atoms with van der Waals surface area (Å²) in [5.74, 6) is -0.784. The summed E-state index contributed by atoms with van der Waals surface area (Å²) in [6, 6.07) is 10.4. The highest BCUT2D eigenvalue weighted by molar-refractivity contribution is 7.89. The van der Waals surface area contributed by atoms with E-state index in [0.717, 1.165) is 11.8 Å². The highest BCUT2D eigenvalue weighted by Crippen LogP contribution is 2.27. The molecule has 1 amide bonds. The van der Waals surface area contributed by atoms with Gasteiger partial charge in [0.2, 0.25) is 10.0 Å². The minimum absolute atomic E-state index is 0.0909. The number of sulfonamides is 1. The van der Waals surface area contributed by atoms with E-state index in [0.29, 0.717) is 16.5 Å². The van der Waals surface area contributed by atoms with Gasteiger partial charge in [-0.3, -0.25) is 9.59 Å². The van der Waals surface area contributed by atoms with Gasteiger partial charge in [-0.2, -0.15) is 0 Å². The van der Waals surface area contributed by atoms with E-state index in [4.69, 9.17) is 0 Å². The van der Waals surface area contributed by atoms with Crippen molar-refractivity contribution in [3.8, 4) is 0 Å². The molecule has 6 nitrogen and oxygen atoms in total. The summed E-state index contributed by atoms with van der Waals surface area (Å²) in [6.45, 7) is 1.46. The van der Waals surface area contributed by atoms with Crippen molar-refractivity contribution < 1.29 is 18.0 Å². The molecule has 0 radical (unpaired) electrons. The molecule has 0 aliphatic rings. The lowest BCUT2D eigenvalue weighted by molar-refractivity contribution is 0.0982. The van der Waals surface area contributed by atoms with Gasteiger partial charge < -0.3 is 4.40 Å². The third-order valence-electron chi connectivity index (χ3n) is 3.55. The van der Waals surface area contributed by atoms with Gasteiger partial charge in [-0.15, -0.1) is 0 Å². The molecular formula is C16H14N2O4S. The minimum atomic E-state index is -3.67. The van der Waals surface area contributed by atoms with E-state index in [1.807, 2.05) is 16.9 Å². The smallest absolute Gasteiger partial charge is 0.267 e. The predicted molar refractivity (Wildman–Crippen MR) is 87.2 cm³/mol. The fourth-order valence-electron chi connectivity index (χ4n) is 2.60. The summed E-state index contributed by atoms with van der Waals surface area (Å²) in [6.07, 6.45) is 2.58. The Hall–Kier alpha value is -2.67. The number of nitrogens with zero attached hydrogens (tertiary/aromatic N) is 1. The van der Waals surface area contributed by atoms with Gasteiger partial charge in [0.25, 0.3) is 5.91 Å². The van der Waals surface area contributed by atoms with E-state index in [-0.39, 0.29) is 11.3 Å². The van der Waals surface area contributed by atoms with Gasteiger partial charge in [0.05, 0.1) is 22.9 Å². The maximum absolute atomic E-state index is 12.4. The number of Topliss-reactive ketones (excluding diaryl/α,β-unsaturated/α-hetero) is 1. The Morgan fingerprint density at radius 2 is 1.74 bits per heavy atom. The van der Waals surface area contributed by atoms with Crippen LogP contribution in [0.3, 0.4) is 0 Å². The monoisotopic (exact) mass is 330 g/mol. The summed E-state index contributed by atoms with van der Waals surface area (Å²) >= 11 is 0. The number of ketones is 1. The van der Waals surface area contributed by atoms with E-state index in [1.165, 1.54) is 6.92 Å². The van der Waals surface area contributed by atoms with Crippen LogP contribution in [0.15, 0.2) is 42.6 Å². The molecule has 1 N–H and O–H groups in total. The first kappa shape index (κ1) is 15.2. The van der Waals surface area contributed by atoms with Crippen LogP contribution in [-0.2, 0) is 10.0 Å². The Labute approximate surface area is 132 Å². The zero-order valence-electron chi connectivity index (χ0n) is 12.5. The second-order valence-corrected chi connectivity index (χ2v) is 7.07. The zero-order chi connectivity index (χ0) is 16.8. The SMILES string of the molecule is CC(=O)c1ccc2c(C(=O)NS(C)(=O)=O)c3ccccc3n2c1. The lowest BCUT2D eigenvalue weighted by Gasteiger charge is -2.03. The van der Waals surface area contributed by atoms with Crippen molar-refractivity contribution in [1.82, 2.24) is 9.12 Å². The molecule has 0 aliphatic carbocycles. The number of fused-ring (bicyclic) bond motifs is 3. The Morgan fingerprint density at radius 1 is 1.04 bits per heavy atom. The molecule has 1 aromatic carbocycles. The fourth-order valence-corrected chi connectivity index (χ4v) is 3.04. The average molecular weight is 330 g/mol. The van der Waals surface area contributed by atoms with E-state index in [9.17, 15) is 18.0 Å². The highest BCUT2D eigenvalue weighted by atomic mass is 32.2. The van der Waals surface area contributed by atoms with Crippen LogP contribution in [0.4, 0.5) is 0 Å². The lowest BCUT2D eigenvalue weighted by Crippen LogP contribution is -2.29. The van der Waals surface area contributed by atoms with Crippen LogP contribution in [0.25, 0.3) is 16.4 Å². The third-order valence-corrected chi connectivity index (χ3v) is 4.11. The molecule has 3 rings (SSSR count). The predicted octanol–water partition coefficient (Wildman–Crippen LogP) is 1.98. The van der Waals surface area contributed by atoms with E-state index >= 15 is 0 Å². The molecule has 0 saturated heterocycles. The molecule has 7 heteroatoms. The number of amides is 1. The largest absolute Gasteiger partial charge is 0.315 e. The topological polar surface area (TPSA) is 84.7 Å². The van der Waals surface area contributed by atoms with Gasteiger partial charge in [-0.1, -0.05) is 18.2 Å². The van der Waals surface area contributed by atoms with Crippen molar-refractivity contribution >= 4 is 38.1 Å². The number of hydrogen-bond donors (Lipinski definition) is 1. The third kappa shape index (κ3) is 2.70. The van der Waals surface area contributed by atoms with Gasteiger partial charge in [-0.05, 0) is 25.1 Å². The van der Waals surface area contributed by atoms with E-state index in [2.05, 4.69) is 0 Å². The Morgan fingerprint density at radius 3 is 2.39 bits per heavy atom. The van der Waals surface area contributed by atoms with E-state index in [1.54, 1.807) is 34.9 Å². The normalized spacial score (nSPS) is 11.7. The summed E-state index contributed by atoms with van der Waals surface area (Å²) in [4.78, 5) is 24.0. The molecular weight excluding hydrogens is 316 g/mol. The minimum Gasteiger partial charge on any atom is -0.315 e. The average Bonchev–Trinajstić information content (AvgIpc) is 2.79. The van der Waals surface area contributed by atoms with Crippen molar-refractivity contribution in [2.24, 2.45) is 0 Å². The van der Waals surface area contributed by atoms with Crippen molar-refractivity contribution in [3.63, 3.8) is 0 Å². The second-order valence-electron chi connectivity index (χ2n) is 5.32. The molecule has 3 aromatic rings. The molecule has 0 saturated carbocycles. The van der Waals surface area contributed by atoms with Crippen LogP contribution in [0, 0.1) is 0 Å². The molecule has 0 aliphatic heterocycles. The van der Waals surface area contributed by atoms with Crippen LogP contribution < -0.4 is 4.72 Å². The molecule has 0 bridgehead atoms. The van der Waals surface area contributed by atoms with Crippen molar-refractivity contribution in [2.45, 2.75) is 6.92 Å². The first-order chi connectivity index (χ1) is 10.8. The second kappa shape index (κ2) is 5.20. The number of rotatable bonds is 3. The number of hydrogen-bond acceptors (Lipinski definition) is 4. The quantitative estimate of drug-likeness (QED) is 0.744. The van der Waals surface area contributed by atoms with Gasteiger partial charge in [0.15, 0.2) is 5.78 Å². The van der Waals surface area contributed by atoms with Gasteiger partial charge >= 0.3 is 0 Å². The van der Waals surface area contributed by atoms with Crippen LogP contribution >= 0.6 is 0 Å². The number of para-hydroxylation sites is 1. The molecule has 23 heavy (non-hydrogen) atoms. The summed E-state index contributed by atoms with van der Waals surface area (Å²) < 4.78 is 26.5. The number of nitrogens with one attached hydrogen (secondary N) is 1. The first-order valence-corrected chi connectivity index (χ1v) is 8.73. The molecule has 0 spiro atoms. The maximum Gasteiger partial charge on any atom is 0.267 e. The Kier molecular flexibility index (Phi) is 3.45. The molecule has 0 unspecified atom stereocenters. The molecule has 2 aromatic heterocycles. The number of carbonyl (C=O) groups is 2. The number of carbonyl (C=O) groups excluding carboxylic acids is 2. The van der Waals surface area contributed by atoms with E-state index < -0.39 is 15.9 Å². The zero-order valence-corrected chi connectivity index (χ0v) is 13.3. The number of benzene rings is 1. The molecule has 2 heterocycles. The Balaban J connectivity index is 2.35. The number of aromatic nitrogens is 1. The fraction of sp³-hybridized carbons (Fsp3) is 0.125. The van der Waals surface area contributed by atoms with Gasteiger partial charge in [-0.25, -0.2) is 13.1 Å². The van der Waals surface area contributed by atoms with Crippen molar-refractivity contribution in [2.75, 3.05) is 6.26 Å².